The second kappa shape index (κ2) is 10.0. The third-order valence-electron chi connectivity index (χ3n) is 6.43. The molecular weight excluding hydrogens is 434 g/mol. The summed E-state index contributed by atoms with van der Waals surface area (Å²) in [6.07, 6.45) is 3.09. The number of likely N-dealkylation sites (tertiary alicyclic amines) is 2. The van der Waals surface area contributed by atoms with Crippen LogP contribution in [0.1, 0.15) is 28.8 Å². The van der Waals surface area contributed by atoms with Crippen LogP contribution in [0.3, 0.4) is 0 Å². The van der Waals surface area contributed by atoms with E-state index in [1.165, 1.54) is 6.33 Å². The normalized spacial score (nSPS) is 17.2. The van der Waals surface area contributed by atoms with E-state index in [0.29, 0.717) is 31.3 Å². The summed E-state index contributed by atoms with van der Waals surface area (Å²) in [5.74, 6) is -0.0797. The summed E-state index contributed by atoms with van der Waals surface area (Å²) in [6, 6.07) is 17.5. The Kier molecular flexibility index (Phi) is 6.48. The van der Waals surface area contributed by atoms with Crippen molar-refractivity contribution in [1.82, 2.24) is 35.3 Å². The van der Waals surface area contributed by atoms with Crippen molar-refractivity contribution in [2.24, 2.45) is 0 Å². The number of aromatic nitrogens is 4. The van der Waals surface area contributed by atoms with E-state index in [1.807, 2.05) is 42.5 Å². The van der Waals surface area contributed by atoms with Crippen LogP contribution in [0.5, 0.6) is 0 Å². The monoisotopic (exact) mass is 461 g/mol. The first-order chi connectivity index (χ1) is 16.7. The Labute approximate surface area is 197 Å². The lowest BCUT2D eigenvalue weighted by Crippen LogP contribution is -2.63. The van der Waals surface area contributed by atoms with Gasteiger partial charge in [-0.3, -0.25) is 9.69 Å². The maximum absolute atomic E-state index is 12.6. The van der Waals surface area contributed by atoms with Gasteiger partial charge in [-0.1, -0.05) is 30.3 Å². The summed E-state index contributed by atoms with van der Waals surface area (Å²) < 4.78 is 6.99. The molecule has 0 spiro atoms. The predicted molar refractivity (Wildman–Crippen MR) is 123 cm³/mol. The number of hydrogen-bond acceptors (Lipinski definition) is 7. The van der Waals surface area contributed by atoms with Crippen molar-refractivity contribution in [3.63, 3.8) is 0 Å². The highest BCUT2D eigenvalue weighted by molar-refractivity contribution is 5.94. The molecule has 0 bridgehead atoms. The Morgan fingerprint density at radius 2 is 1.74 bits per heavy atom. The first kappa shape index (κ1) is 22.0. The summed E-state index contributed by atoms with van der Waals surface area (Å²) >= 11 is 0. The Morgan fingerprint density at radius 1 is 1.00 bits per heavy atom. The number of rotatable bonds is 6. The minimum absolute atomic E-state index is 0.0797. The molecule has 2 aliphatic rings. The number of carbonyl (C=O) groups excluding carboxylic acids is 2. The van der Waals surface area contributed by atoms with Crippen LogP contribution in [0, 0.1) is 0 Å². The van der Waals surface area contributed by atoms with Gasteiger partial charge in [-0.25, -0.2) is 9.48 Å². The van der Waals surface area contributed by atoms with Crippen LogP contribution in [0.15, 0.2) is 60.9 Å². The highest BCUT2D eigenvalue weighted by Crippen LogP contribution is 2.23. The van der Waals surface area contributed by atoms with Gasteiger partial charge in [-0.05, 0) is 53.1 Å². The largest absolute Gasteiger partial charge is 0.445 e. The average Bonchev–Trinajstić information content (AvgIpc) is 3.40. The fourth-order valence-electron chi connectivity index (χ4n) is 4.44. The van der Waals surface area contributed by atoms with Crippen molar-refractivity contribution in [3.05, 3.63) is 72.1 Å². The van der Waals surface area contributed by atoms with Gasteiger partial charge in [0.2, 0.25) is 0 Å². The minimum atomic E-state index is -0.248. The van der Waals surface area contributed by atoms with E-state index in [2.05, 4.69) is 25.7 Å². The van der Waals surface area contributed by atoms with E-state index in [9.17, 15) is 9.59 Å². The lowest BCUT2D eigenvalue weighted by Gasteiger charge is -2.47. The van der Waals surface area contributed by atoms with Crippen LogP contribution < -0.4 is 5.32 Å². The number of carbonyl (C=O) groups is 2. The second-order valence-corrected chi connectivity index (χ2v) is 8.68. The minimum Gasteiger partial charge on any atom is -0.445 e. The van der Waals surface area contributed by atoms with Gasteiger partial charge in [-0.15, -0.1) is 5.10 Å². The Morgan fingerprint density at radius 3 is 2.41 bits per heavy atom. The molecule has 0 saturated carbocycles. The molecule has 0 atom stereocenters. The molecule has 2 aromatic carbocycles. The first-order valence-corrected chi connectivity index (χ1v) is 11.5. The summed E-state index contributed by atoms with van der Waals surface area (Å²) in [5.41, 5.74) is 2.40. The standard InChI is InChI=1S/C24H27N7O3/c32-23(19-6-8-22(9-7-19)31-17-25-27-28-31)26-20-14-30(15-20)21-10-12-29(13-11-21)24(33)34-16-18-4-2-1-3-5-18/h1-9,17,20-21H,10-16H2,(H,26,32). The SMILES string of the molecule is O=C(NC1CN(C2CCN(C(=O)OCc3ccccc3)CC2)C1)c1ccc(-n2cnnn2)cc1. The van der Waals surface area contributed by atoms with Gasteiger partial charge in [0.15, 0.2) is 0 Å². The topological polar surface area (TPSA) is 105 Å². The van der Waals surface area contributed by atoms with Crippen LogP contribution in [-0.4, -0.2) is 80.3 Å². The molecule has 0 unspecified atom stereocenters. The summed E-state index contributed by atoms with van der Waals surface area (Å²) in [5, 5.41) is 14.2. The zero-order valence-corrected chi connectivity index (χ0v) is 18.8. The van der Waals surface area contributed by atoms with Crippen molar-refractivity contribution >= 4 is 12.0 Å². The zero-order valence-electron chi connectivity index (χ0n) is 18.8. The number of nitrogens with zero attached hydrogens (tertiary/aromatic N) is 6. The molecule has 2 fully saturated rings. The predicted octanol–water partition coefficient (Wildman–Crippen LogP) is 1.88. The van der Waals surface area contributed by atoms with E-state index < -0.39 is 0 Å². The van der Waals surface area contributed by atoms with Crippen molar-refractivity contribution in [1.29, 1.82) is 0 Å². The molecular formula is C24H27N7O3. The van der Waals surface area contributed by atoms with Gasteiger partial charge in [0.1, 0.15) is 12.9 Å². The molecule has 1 aromatic heterocycles. The number of ether oxygens (including phenoxy) is 1. The van der Waals surface area contributed by atoms with Crippen LogP contribution >= 0.6 is 0 Å². The van der Waals surface area contributed by atoms with Crippen molar-refractivity contribution in [3.8, 4) is 5.69 Å². The van der Waals surface area contributed by atoms with Gasteiger partial charge in [-0.2, -0.15) is 0 Å². The van der Waals surface area contributed by atoms with Crippen molar-refractivity contribution in [2.75, 3.05) is 26.2 Å². The summed E-state index contributed by atoms with van der Waals surface area (Å²) in [6.45, 7) is 3.35. The molecule has 3 heterocycles. The lowest BCUT2D eigenvalue weighted by atomic mass is 9.97. The molecule has 5 rings (SSSR count). The maximum atomic E-state index is 12.6. The van der Waals surface area contributed by atoms with E-state index >= 15 is 0 Å². The van der Waals surface area contributed by atoms with E-state index in [1.54, 1.807) is 21.7 Å². The molecule has 0 radical (unpaired) electrons. The van der Waals surface area contributed by atoms with E-state index in [4.69, 9.17) is 4.74 Å². The van der Waals surface area contributed by atoms with Gasteiger partial charge in [0, 0.05) is 37.8 Å². The molecule has 1 N–H and O–H groups in total. The van der Waals surface area contributed by atoms with Gasteiger partial charge >= 0.3 is 6.09 Å². The van der Waals surface area contributed by atoms with Crippen LogP contribution in [0.25, 0.3) is 5.69 Å². The first-order valence-electron chi connectivity index (χ1n) is 11.5. The van der Waals surface area contributed by atoms with Crippen molar-refractivity contribution in [2.45, 2.75) is 31.5 Å². The summed E-state index contributed by atoms with van der Waals surface area (Å²) in [4.78, 5) is 29.1. The van der Waals surface area contributed by atoms with E-state index in [0.717, 1.165) is 37.2 Å². The number of nitrogens with one attached hydrogen (secondary N) is 1. The number of benzene rings is 2. The lowest BCUT2D eigenvalue weighted by molar-refractivity contribution is 0.0293. The average molecular weight is 462 g/mol. The van der Waals surface area contributed by atoms with Crippen LogP contribution in [-0.2, 0) is 11.3 Å². The molecule has 2 amide bonds. The smallest absolute Gasteiger partial charge is 0.410 e. The quantitative estimate of drug-likeness (QED) is 0.597. The molecule has 0 aliphatic carbocycles. The third-order valence-corrected chi connectivity index (χ3v) is 6.43. The zero-order chi connectivity index (χ0) is 23.3. The van der Waals surface area contributed by atoms with Gasteiger partial charge in [0.25, 0.3) is 5.91 Å². The van der Waals surface area contributed by atoms with Gasteiger partial charge < -0.3 is 15.0 Å². The summed E-state index contributed by atoms with van der Waals surface area (Å²) in [7, 11) is 0. The number of piperidine rings is 1. The Hall–Kier alpha value is -3.79. The maximum Gasteiger partial charge on any atom is 0.410 e. The molecule has 34 heavy (non-hydrogen) atoms. The molecule has 10 nitrogen and oxygen atoms in total. The van der Waals surface area contributed by atoms with E-state index in [-0.39, 0.29) is 18.0 Å². The molecule has 3 aromatic rings. The third kappa shape index (κ3) is 5.07. The number of amides is 2. The van der Waals surface area contributed by atoms with Crippen molar-refractivity contribution < 1.29 is 14.3 Å². The molecule has 2 aliphatic heterocycles. The molecule has 2 saturated heterocycles. The highest BCUT2D eigenvalue weighted by atomic mass is 16.6. The molecule has 10 heteroatoms. The fraction of sp³-hybridized carbons (Fsp3) is 0.375. The highest BCUT2D eigenvalue weighted by Gasteiger charge is 2.35. The van der Waals surface area contributed by atoms with Crippen LogP contribution in [0.4, 0.5) is 4.79 Å². The Balaban J connectivity index is 1.02. The fourth-order valence-corrected chi connectivity index (χ4v) is 4.44. The van der Waals surface area contributed by atoms with Crippen LogP contribution in [0.2, 0.25) is 0 Å². The number of hydrogen-bond donors (Lipinski definition) is 1. The molecule has 176 valence electrons. The van der Waals surface area contributed by atoms with Gasteiger partial charge in [0.05, 0.1) is 11.7 Å². The Bertz CT molecular complexity index is 1090. The number of tetrazole rings is 1. The second-order valence-electron chi connectivity index (χ2n) is 8.68.